The van der Waals surface area contributed by atoms with Gasteiger partial charge in [-0.15, -0.1) is 0 Å². The lowest BCUT2D eigenvalue weighted by Crippen LogP contribution is -1.93. The largest absolute Gasteiger partial charge is 0.454 e. The molecule has 0 aliphatic heterocycles. The maximum absolute atomic E-state index is 15.3. The first kappa shape index (κ1) is 45.6. The summed E-state index contributed by atoms with van der Waals surface area (Å²) in [6.45, 7) is 0. The highest BCUT2D eigenvalue weighted by molar-refractivity contribution is 6.30. The summed E-state index contributed by atoms with van der Waals surface area (Å²) in [7, 11) is 0. The van der Waals surface area contributed by atoms with Crippen molar-refractivity contribution in [1.82, 2.24) is 0 Å². The average molecular weight is 886 g/mol. The van der Waals surface area contributed by atoms with Crippen molar-refractivity contribution in [3.05, 3.63) is 207 Å². The van der Waals surface area contributed by atoms with Gasteiger partial charge in [-0.3, -0.25) is 4.79 Å². The van der Waals surface area contributed by atoms with Crippen molar-refractivity contribution in [3.63, 3.8) is 0 Å². The second-order valence-electron chi connectivity index (χ2n) is 14.4. The number of carbonyl (C=O) groups is 1. The molecule has 0 spiro atoms. The van der Waals surface area contributed by atoms with Gasteiger partial charge >= 0.3 is 0 Å². The summed E-state index contributed by atoms with van der Waals surface area (Å²) in [5.74, 6) is -0.670. The summed E-state index contributed by atoms with van der Waals surface area (Å²) in [6, 6.07) is 44.2. The molecular formula is C52H38Cl2F4N2O3. The molecule has 316 valence electrons. The van der Waals surface area contributed by atoms with Gasteiger partial charge in [0.25, 0.3) is 0 Å². The molecule has 0 N–H and O–H groups in total. The fourth-order valence-electron chi connectivity index (χ4n) is 6.40. The minimum atomic E-state index is -0.653. The number of hydrogen-bond acceptors (Lipinski definition) is 5. The van der Waals surface area contributed by atoms with E-state index >= 15 is 4.39 Å². The van der Waals surface area contributed by atoms with Crippen LogP contribution in [0.25, 0.3) is 16.7 Å². The van der Waals surface area contributed by atoms with Crippen molar-refractivity contribution < 1.29 is 31.8 Å². The third kappa shape index (κ3) is 13.3. The summed E-state index contributed by atoms with van der Waals surface area (Å²) in [6.07, 6.45) is 5.44. The maximum Gasteiger partial charge on any atom is 0.178 e. The monoisotopic (exact) mass is 884 g/mol. The molecule has 0 heterocycles. The molecule has 6 aromatic carbocycles. The molecule has 0 saturated heterocycles. The van der Waals surface area contributed by atoms with Crippen LogP contribution in [0.15, 0.2) is 163 Å². The van der Waals surface area contributed by atoms with E-state index in [9.17, 15) is 23.2 Å². The molecule has 63 heavy (non-hydrogen) atoms. The van der Waals surface area contributed by atoms with E-state index < -0.39 is 23.3 Å². The van der Waals surface area contributed by atoms with Crippen molar-refractivity contribution in [3.8, 4) is 35.1 Å². The summed E-state index contributed by atoms with van der Waals surface area (Å²) in [5, 5.41) is 19.4. The van der Waals surface area contributed by atoms with Gasteiger partial charge in [-0.25, -0.2) is 17.6 Å². The fraction of sp³-hybridized carbons (Fsp3) is 0.135. The number of para-hydroxylation sites is 2. The Labute approximate surface area is 373 Å². The first-order chi connectivity index (χ1) is 30.6. The van der Waals surface area contributed by atoms with Gasteiger partial charge in [-0.1, -0.05) is 96.0 Å². The van der Waals surface area contributed by atoms with Crippen LogP contribution in [0.5, 0.6) is 23.0 Å². The van der Waals surface area contributed by atoms with E-state index in [2.05, 4.69) is 0 Å². The molecule has 2 fully saturated rings. The highest BCUT2D eigenvalue weighted by Crippen LogP contribution is 2.45. The zero-order valence-corrected chi connectivity index (χ0v) is 35.1. The molecule has 0 radical (unpaired) electrons. The lowest BCUT2D eigenvalue weighted by molar-refractivity contribution is -0.106. The molecule has 5 nitrogen and oxygen atoms in total. The van der Waals surface area contributed by atoms with Crippen molar-refractivity contribution in [1.29, 1.82) is 10.5 Å². The van der Waals surface area contributed by atoms with E-state index in [4.69, 9.17) is 37.9 Å². The van der Waals surface area contributed by atoms with E-state index in [0.717, 1.165) is 42.4 Å². The minimum absolute atomic E-state index is 0.0330. The van der Waals surface area contributed by atoms with Gasteiger partial charge in [0.1, 0.15) is 17.3 Å². The van der Waals surface area contributed by atoms with E-state index in [-0.39, 0.29) is 41.6 Å². The molecular weight excluding hydrogens is 847 g/mol. The zero-order valence-electron chi connectivity index (χ0n) is 33.6. The predicted molar refractivity (Wildman–Crippen MR) is 239 cm³/mol. The summed E-state index contributed by atoms with van der Waals surface area (Å²) < 4.78 is 67.4. The van der Waals surface area contributed by atoms with Crippen LogP contribution in [0.3, 0.4) is 0 Å². The number of benzene rings is 6. The molecule has 0 aromatic heterocycles. The highest BCUT2D eigenvalue weighted by Gasteiger charge is 2.31. The molecule has 0 atom stereocenters. The maximum atomic E-state index is 15.3. The van der Waals surface area contributed by atoms with Gasteiger partial charge in [0.05, 0.1) is 24.1 Å². The van der Waals surface area contributed by atoms with E-state index in [1.54, 1.807) is 97.1 Å². The third-order valence-corrected chi connectivity index (χ3v) is 10.3. The first-order valence-electron chi connectivity index (χ1n) is 19.9. The Morgan fingerprint density at radius 1 is 0.603 bits per heavy atom. The molecule has 0 amide bonds. The average Bonchev–Trinajstić information content (AvgIpc) is 4.25. The van der Waals surface area contributed by atoms with E-state index in [1.807, 2.05) is 36.4 Å². The van der Waals surface area contributed by atoms with Crippen LogP contribution in [-0.4, -0.2) is 6.29 Å². The standard InChI is InChI=1S/C26H18ClF2NO.C14H10FNO.C12H10ClFO/c27-21-11-8-18(9-12-21)26(17-6-7-17)24(29)14-20(16-30)19-10-13-23(28)25(15-19)31-22-4-2-1-3-5-22;15-13-7-6-11(8-9-16)10-14(13)17-12-4-2-1-3-5-12;13-10-5-3-9(4-6-10)12(8-1-2-8)11(14)7-15/h1-5,8-15,17H,6-7H2;1-7,10H,8H2;3-8H,1-2H2/b20-14+,26-24?;;. The number of allylic oxidation sites excluding steroid dienone is 6. The van der Waals surface area contributed by atoms with Crippen molar-refractivity contribution in [2.24, 2.45) is 11.8 Å². The number of hydrogen-bond donors (Lipinski definition) is 0. The Balaban J connectivity index is 0.000000174. The topological polar surface area (TPSA) is 83.1 Å². The second-order valence-corrected chi connectivity index (χ2v) is 15.3. The van der Waals surface area contributed by atoms with Crippen molar-refractivity contribution in [2.45, 2.75) is 32.1 Å². The van der Waals surface area contributed by atoms with Crippen molar-refractivity contribution >= 4 is 46.2 Å². The Hall–Kier alpha value is -6.91. The van der Waals surface area contributed by atoms with Crippen LogP contribution < -0.4 is 9.47 Å². The Morgan fingerprint density at radius 3 is 1.49 bits per heavy atom. The lowest BCUT2D eigenvalue weighted by Gasteiger charge is -2.10. The SMILES string of the molecule is N#C/C(=C\C(F)=C(c1ccc(Cl)cc1)C1CC1)c1ccc(F)c(Oc2ccccc2)c1.N#CCc1ccc(F)c(Oc2ccccc2)c1.O=CC(F)=C(c1ccc(Cl)cc1)C1CC1. The van der Waals surface area contributed by atoms with Gasteiger partial charge in [-0.05, 0) is 144 Å². The predicted octanol–water partition coefficient (Wildman–Crippen LogP) is 15.3. The van der Waals surface area contributed by atoms with Crippen LogP contribution in [0.1, 0.15) is 47.9 Å². The number of rotatable bonds is 12. The molecule has 2 aliphatic carbocycles. The quantitative estimate of drug-likeness (QED) is 0.0402. The Bertz CT molecular complexity index is 2700. The molecule has 0 bridgehead atoms. The Morgan fingerprint density at radius 2 is 1.05 bits per heavy atom. The second kappa shape index (κ2) is 22.3. The van der Waals surface area contributed by atoms with E-state index in [0.29, 0.717) is 38.3 Å². The van der Waals surface area contributed by atoms with Gasteiger partial charge in [0, 0.05) is 15.6 Å². The summed E-state index contributed by atoms with van der Waals surface area (Å²) >= 11 is 11.7. The number of nitrogens with zero attached hydrogens (tertiary/aromatic N) is 2. The van der Waals surface area contributed by atoms with Gasteiger partial charge in [0.2, 0.25) is 0 Å². The van der Waals surface area contributed by atoms with Crippen LogP contribution in [0.4, 0.5) is 17.6 Å². The molecule has 2 saturated carbocycles. The number of nitriles is 2. The van der Waals surface area contributed by atoms with Gasteiger partial charge in [0.15, 0.2) is 35.2 Å². The molecule has 11 heteroatoms. The van der Waals surface area contributed by atoms with Gasteiger partial charge in [-0.2, -0.15) is 10.5 Å². The highest BCUT2D eigenvalue weighted by atomic mass is 35.5. The molecule has 8 rings (SSSR count). The van der Waals surface area contributed by atoms with Crippen LogP contribution in [0, 0.1) is 46.1 Å². The van der Waals surface area contributed by atoms with Crippen LogP contribution >= 0.6 is 23.2 Å². The van der Waals surface area contributed by atoms with E-state index in [1.165, 1.54) is 30.3 Å². The molecule has 0 unspecified atom stereocenters. The normalized spacial score (nSPS) is 13.9. The summed E-state index contributed by atoms with van der Waals surface area (Å²) in [4.78, 5) is 10.5. The molecule has 2 aliphatic rings. The Kier molecular flexibility index (Phi) is 16.1. The minimum Gasteiger partial charge on any atom is -0.454 e. The zero-order chi connectivity index (χ0) is 44.7. The lowest BCUT2D eigenvalue weighted by atomic mass is 9.98. The smallest absolute Gasteiger partial charge is 0.178 e. The van der Waals surface area contributed by atoms with Crippen LogP contribution in [-0.2, 0) is 11.2 Å². The number of halogens is 6. The first-order valence-corrected chi connectivity index (χ1v) is 20.6. The number of carbonyl (C=O) groups excluding carboxylic acids is 1. The summed E-state index contributed by atoms with van der Waals surface area (Å²) in [5.41, 5.74) is 3.78. The number of aldehydes is 1. The van der Waals surface area contributed by atoms with Crippen LogP contribution in [0.2, 0.25) is 10.0 Å². The molecule has 6 aromatic rings. The fourth-order valence-corrected chi connectivity index (χ4v) is 6.65. The van der Waals surface area contributed by atoms with Crippen molar-refractivity contribution in [2.75, 3.05) is 0 Å². The third-order valence-electron chi connectivity index (χ3n) is 9.75. The number of ether oxygens (including phenoxy) is 2. The van der Waals surface area contributed by atoms with Gasteiger partial charge < -0.3 is 9.47 Å².